The van der Waals surface area contributed by atoms with Crippen molar-refractivity contribution in [2.45, 2.75) is 13.5 Å². The lowest BCUT2D eigenvalue weighted by atomic mass is 9.99. The number of likely N-dealkylation sites (tertiary alicyclic amines) is 1. The van der Waals surface area contributed by atoms with Crippen molar-refractivity contribution in [3.8, 4) is 34.4 Å². The molecule has 3 aromatic heterocycles. The minimum atomic E-state index is -0.728. The summed E-state index contributed by atoms with van der Waals surface area (Å²) in [4.78, 5) is 21.8. The first-order valence-electron chi connectivity index (χ1n) is 9.84. The molecule has 0 aliphatic carbocycles. The first kappa shape index (κ1) is 19.1. The van der Waals surface area contributed by atoms with Crippen LogP contribution in [0.15, 0.2) is 57.7 Å². The van der Waals surface area contributed by atoms with E-state index in [4.69, 9.17) is 14.2 Å². The van der Waals surface area contributed by atoms with Crippen molar-refractivity contribution in [1.82, 2.24) is 25.2 Å². The Hall–Kier alpha value is -3.85. The van der Waals surface area contributed by atoms with Crippen LogP contribution in [0.5, 0.6) is 0 Å². The minimum Gasteiger partial charge on any atom is -0.481 e. The predicted molar refractivity (Wildman–Crippen MR) is 110 cm³/mol. The van der Waals surface area contributed by atoms with Gasteiger partial charge < -0.3 is 14.2 Å². The number of carboxylic acid groups (broad SMARTS) is 1. The first-order chi connectivity index (χ1) is 15.1. The first-order valence-corrected chi connectivity index (χ1v) is 9.84. The Labute approximate surface area is 177 Å². The Kier molecular flexibility index (Phi) is 4.79. The lowest BCUT2D eigenvalue weighted by molar-refractivity contribution is -0.147. The normalized spacial score (nSPS) is 14.5. The molecular formula is C22H19N5O4. The molecule has 0 amide bonds. The summed E-state index contributed by atoms with van der Waals surface area (Å²) in [6.45, 7) is 3.76. The van der Waals surface area contributed by atoms with Gasteiger partial charge in [-0.1, -0.05) is 40.6 Å². The molecule has 0 unspecified atom stereocenters. The van der Waals surface area contributed by atoms with Crippen LogP contribution in [-0.4, -0.2) is 49.3 Å². The van der Waals surface area contributed by atoms with Gasteiger partial charge in [-0.15, -0.1) is 0 Å². The van der Waals surface area contributed by atoms with Crippen LogP contribution in [0.4, 0.5) is 0 Å². The van der Waals surface area contributed by atoms with Gasteiger partial charge in [0.2, 0.25) is 5.82 Å². The van der Waals surface area contributed by atoms with Gasteiger partial charge in [0.15, 0.2) is 11.5 Å². The Morgan fingerprint density at radius 2 is 1.94 bits per heavy atom. The van der Waals surface area contributed by atoms with E-state index in [0.717, 1.165) is 23.2 Å². The van der Waals surface area contributed by atoms with Crippen LogP contribution >= 0.6 is 0 Å². The van der Waals surface area contributed by atoms with E-state index in [9.17, 15) is 4.79 Å². The maximum absolute atomic E-state index is 10.9. The lowest BCUT2D eigenvalue weighted by Crippen LogP contribution is -2.49. The zero-order valence-electron chi connectivity index (χ0n) is 16.7. The summed E-state index contributed by atoms with van der Waals surface area (Å²) >= 11 is 0. The Morgan fingerprint density at radius 1 is 1.13 bits per heavy atom. The van der Waals surface area contributed by atoms with Crippen molar-refractivity contribution in [3.05, 3.63) is 59.8 Å². The van der Waals surface area contributed by atoms with E-state index in [1.54, 1.807) is 6.20 Å². The summed E-state index contributed by atoms with van der Waals surface area (Å²) in [6, 6.07) is 13.4. The zero-order chi connectivity index (χ0) is 21.4. The van der Waals surface area contributed by atoms with Crippen molar-refractivity contribution in [3.63, 3.8) is 0 Å². The van der Waals surface area contributed by atoms with Crippen LogP contribution in [0, 0.1) is 12.8 Å². The summed E-state index contributed by atoms with van der Waals surface area (Å²) < 4.78 is 10.9. The molecule has 1 fully saturated rings. The zero-order valence-corrected chi connectivity index (χ0v) is 16.7. The number of benzene rings is 1. The molecule has 9 nitrogen and oxygen atoms in total. The largest absolute Gasteiger partial charge is 0.481 e. The highest BCUT2D eigenvalue weighted by atomic mass is 16.5. The fourth-order valence-corrected chi connectivity index (χ4v) is 3.58. The molecule has 4 heterocycles. The van der Waals surface area contributed by atoms with Crippen LogP contribution in [0.1, 0.15) is 11.1 Å². The van der Waals surface area contributed by atoms with Gasteiger partial charge in [0.05, 0.1) is 5.92 Å². The summed E-state index contributed by atoms with van der Waals surface area (Å²) in [7, 11) is 0. The standard InChI is InChI=1S/C22H19N5O4/c1-13-18(25-30-19(13)17-4-2-3-9-23-17)21-24-20(26-31-21)15-7-5-14(6-8-15)10-27-11-16(12-27)22(28)29/h2-9,16H,10-12H2,1H3,(H,28,29). The number of carbonyl (C=O) groups is 1. The summed E-state index contributed by atoms with van der Waals surface area (Å²) in [5.74, 6) is 0.320. The van der Waals surface area contributed by atoms with E-state index in [0.29, 0.717) is 36.1 Å². The number of hydrogen-bond acceptors (Lipinski definition) is 8. The molecule has 0 bridgehead atoms. The average Bonchev–Trinajstić information content (AvgIpc) is 3.38. The number of carboxylic acids is 1. The monoisotopic (exact) mass is 417 g/mol. The van der Waals surface area contributed by atoms with Crippen molar-refractivity contribution in [2.75, 3.05) is 13.1 Å². The molecule has 9 heteroatoms. The van der Waals surface area contributed by atoms with Gasteiger partial charge in [0.25, 0.3) is 5.89 Å². The third kappa shape index (κ3) is 3.71. The van der Waals surface area contributed by atoms with Gasteiger partial charge >= 0.3 is 5.97 Å². The summed E-state index contributed by atoms with van der Waals surface area (Å²) in [5.41, 5.74) is 3.87. The van der Waals surface area contributed by atoms with Crippen LogP contribution in [0.3, 0.4) is 0 Å². The Morgan fingerprint density at radius 3 is 2.65 bits per heavy atom. The van der Waals surface area contributed by atoms with E-state index in [1.165, 1.54) is 0 Å². The van der Waals surface area contributed by atoms with Crippen molar-refractivity contribution < 1.29 is 18.9 Å². The van der Waals surface area contributed by atoms with Crippen LogP contribution in [0.25, 0.3) is 34.4 Å². The van der Waals surface area contributed by atoms with E-state index < -0.39 is 5.97 Å². The topological polar surface area (TPSA) is 118 Å². The molecule has 0 spiro atoms. The van der Waals surface area contributed by atoms with E-state index in [-0.39, 0.29) is 11.8 Å². The second kappa shape index (κ2) is 7.77. The lowest BCUT2D eigenvalue weighted by Gasteiger charge is -2.36. The van der Waals surface area contributed by atoms with Gasteiger partial charge in [-0.2, -0.15) is 4.98 Å². The van der Waals surface area contributed by atoms with Crippen LogP contribution in [-0.2, 0) is 11.3 Å². The number of nitrogens with zero attached hydrogens (tertiary/aromatic N) is 5. The molecule has 0 radical (unpaired) electrons. The number of aromatic nitrogens is 4. The fourth-order valence-electron chi connectivity index (χ4n) is 3.58. The second-order valence-corrected chi connectivity index (χ2v) is 7.55. The van der Waals surface area contributed by atoms with Gasteiger partial charge in [-0.3, -0.25) is 14.7 Å². The smallest absolute Gasteiger partial charge is 0.309 e. The number of hydrogen-bond donors (Lipinski definition) is 1. The highest BCUT2D eigenvalue weighted by molar-refractivity contribution is 5.71. The fraction of sp³-hybridized carbons (Fsp3) is 0.227. The highest BCUT2D eigenvalue weighted by Gasteiger charge is 2.32. The number of rotatable bonds is 6. The van der Waals surface area contributed by atoms with Gasteiger partial charge in [-0.05, 0) is 24.6 Å². The third-order valence-corrected chi connectivity index (χ3v) is 5.37. The van der Waals surface area contributed by atoms with Crippen LogP contribution < -0.4 is 0 Å². The Balaban J connectivity index is 1.30. The maximum Gasteiger partial charge on any atom is 0.309 e. The van der Waals surface area contributed by atoms with Crippen molar-refractivity contribution in [1.29, 1.82) is 0 Å². The predicted octanol–water partition coefficient (Wildman–Crippen LogP) is 3.28. The van der Waals surface area contributed by atoms with E-state index >= 15 is 0 Å². The van der Waals surface area contributed by atoms with E-state index in [2.05, 4.69) is 25.2 Å². The van der Waals surface area contributed by atoms with Gasteiger partial charge in [0.1, 0.15) is 5.69 Å². The van der Waals surface area contributed by atoms with Crippen molar-refractivity contribution in [2.24, 2.45) is 5.92 Å². The summed E-state index contributed by atoms with van der Waals surface area (Å²) in [5, 5.41) is 17.1. The van der Waals surface area contributed by atoms with Gasteiger partial charge in [-0.25, -0.2) is 0 Å². The molecule has 0 saturated carbocycles. The molecule has 1 aliphatic rings. The molecule has 156 valence electrons. The molecule has 1 aromatic carbocycles. The quantitative estimate of drug-likeness (QED) is 0.504. The van der Waals surface area contributed by atoms with Crippen molar-refractivity contribution >= 4 is 5.97 Å². The number of aliphatic carboxylic acids is 1. The molecule has 1 N–H and O–H groups in total. The molecule has 1 aliphatic heterocycles. The second-order valence-electron chi connectivity index (χ2n) is 7.55. The summed E-state index contributed by atoms with van der Waals surface area (Å²) in [6.07, 6.45) is 1.69. The van der Waals surface area contributed by atoms with Crippen LogP contribution in [0.2, 0.25) is 0 Å². The highest BCUT2D eigenvalue weighted by Crippen LogP contribution is 2.30. The van der Waals surface area contributed by atoms with E-state index in [1.807, 2.05) is 49.4 Å². The average molecular weight is 417 g/mol. The maximum atomic E-state index is 10.9. The molecular weight excluding hydrogens is 398 g/mol. The third-order valence-electron chi connectivity index (χ3n) is 5.37. The molecule has 4 aromatic rings. The van der Waals surface area contributed by atoms with Gasteiger partial charge in [0, 0.05) is 37.0 Å². The molecule has 5 rings (SSSR count). The molecule has 1 saturated heterocycles. The Bertz CT molecular complexity index is 1210. The number of pyridine rings is 1. The molecule has 0 atom stereocenters. The minimum absolute atomic E-state index is 0.254. The SMILES string of the molecule is Cc1c(-c2nc(-c3ccc(CN4CC(C(=O)O)C4)cc3)no2)noc1-c1ccccn1. The molecule has 31 heavy (non-hydrogen) atoms.